The molecule has 1 atom stereocenters. The van der Waals surface area contributed by atoms with Gasteiger partial charge in [0.15, 0.2) is 0 Å². The summed E-state index contributed by atoms with van der Waals surface area (Å²) in [5.74, 6) is 0.179. The van der Waals surface area contributed by atoms with E-state index in [1.54, 1.807) is 18.3 Å². The Balaban J connectivity index is 2.08. The number of esters is 1. The van der Waals surface area contributed by atoms with Crippen LogP contribution >= 0.6 is 23.1 Å². The lowest BCUT2D eigenvalue weighted by Crippen LogP contribution is -2.14. The normalized spacial score (nSPS) is 12.4. The van der Waals surface area contributed by atoms with Crippen LogP contribution in [0.5, 0.6) is 0 Å². The fourth-order valence-electron chi connectivity index (χ4n) is 1.41. The summed E-state index contributed by atoms with van der Waals surface area (Å²) < 4.78 is 10.2. The number of aromatic nitrogens is 2. The van der Waals surface area contributed by atoms with Crippen molar-refractivity contribution in [2.24, 2.45) is 0 Å². The van der Waals surface area contributed by atoms with Crippen molar-refractivity contribution >= 4 is 29.1 Å². The van der Waals surface area contributed by atoms with Crippen molar-refractivity contribution in [3.8, 4) is 10.8 Å². The molecule has 7 heteroatoms. The lowest BCUT2D eigenvalue weighted by Gasteiger charge is -2.04. The van der Waals surface area contributed by atoms with Crippen LogP contribution in [0.1, 0.15) is 18.7 Å². The van der Waals surface area contributed by atoms with Gasteiger partial charge in [-0.1, -0.05) is 18.7 Å². The molecular formula is C12H14N2O3S2. The Bertz CT molecular complexity index is 565. The Labute approximate surface area is 119 Å². The highest BCUT2D eigenvalue weighted by Crippen LogP contribution is 2.30. The summed E-state index contributed by atoms with van der Waals surface area (Å²) in [5.41, 5.74) is 0. The highest BCUT2D eigenvalue weighted by Gasteiger charge is 2.19. The molecule has 0 amide bonds. The molecule has 0 saturated carbocycles. The lowest BCUT2D eigenvalue weighted by molar-refractivity contribution is -0.139. The third-order valence-electron chi connectivity index (χ3n) is 2.44. The second kappa shape index (κ2) is 6.21. The molecule has 0 aliphatic carbocycles. The first-order chi connectivity index (χ1) is 9.13. The van der Waals surface area contributed by atoms with Gasteiger partial charge < -0.3 is 9.15 Å². The molecule has 2 aromatic heterocycles. The number of carbonyl (C=O) groups excluding carboxylic acids is 1. The molecular weight excluding hydrogens is 284 g/mol. The predicted molar refractivity (Wildman–Crippen MR) is 74.3 cm³/mol. The van der Waals surface area contributed by atoms with E-state index in [4.69, 9.17) is 4.42 Å². The Morgan fingerprint density at radius 3 is 2.95 bits per heavy atom. The minimum Gasteiger partial charge on any atom is -0.468 e. The van der Waals surface area contributed by atoms with E-state index in [0.717, 1.165) is 11.3 Å². The number of hydrogen-bond donors (Lipinski definition) is 0. The number of thioether (sulfide) groups is 1. The van der Waals surface area contributed by atoms with Gasteiger partial charge in [-0.15, -0.1) is 21.5 Å². The van der Waals surface area contributed by atoms with Crippen LogP contribution in [0.4, 0.5) is 0 Å². The molecule has 0 aliphatic rings. The molecule has 2 heterocycles. The van der Waals surface area contributed by atoms with E-state index >= 15 is 0 Å². The topological polar surface area (TPSA) is 65.2 Å². The van der Waals surface area contributed by atoms with Gasteiger partial charge in [0.05, 0.1) is 12.0 Å². The molecule has 1 unspecified atom stereocenters. The number of hydrogen-bond acceptors (Lipinski definition) is 7. The number of thiophene rings is 1. The Kier molecular flexibility index (Phi) is 4.60. The van der Waals surface area contributed by atoms with Gasteiger partial charge in [-0.25, -0.2) is 0 Å². The third kappa shape index (κ3) is 3.36. The molecule has 0 fully saturated rings. The molecule has 5 nitrogen and oxygen atoms in total. The van der Waals surface area contributed by atoms with Crippen LogP contribution < -0.4 is 0 Å². The summed E-state index contributed by atoms with van der Waals surface area (Å²) in [5, 5.41) is 7.93. The quantitative estimate of drug-likeness (QED) is 0.624. The maximum atomic E-state index is 11.3. The van der Waals surface area contributed by atoms with Crippen molar-refractivity contribution in [1.82, 2.24) is 10.2 Å². The average molecular weight is 298 g/mol. The smallest absolute Gasteiger partial charge is 0.319 e. The summed E-state index contributed by atoms with van der Waals surface area (Å²) in [6.07, 6.45) is 0.986. The molecule has 2 rings (SSSR count). The summed E-state index contributed by atoms with van der Waals surface area (Å²) in [6.45, 7) is 3.84. The molecule has 0 aliphatic heterocycles. The van der Waals surface area contributed by atoms with E-state index in [1.807, 2.05) is 12.1 Å². The van der Waals surface area contributed by atoms with Crippen molar-refractivity contribution in [2.45, 2.75) is 30.7 Å². The van der Waals surface area contributed by atoms with Gasteiger partial charge >= 0.3 is 5.97 Å². The van der Waals surface area contributed by atoms with E-state index in [2.05, 4.69) is 21.9 Å². The highest BCUT2D eigenvalue weighted by atomic mass is 32.2. The zero-order valence-corrected chi connectivity index (χ0v) is 12.5. The number of aryl methyl sites for hydroxylation is 1. The Hall–Kier alpha value is -1.34. The van der Waals surface area contributed by atoms with Gasteiger partial charge in [-0.3, -0.25) is 4.79 Å². The number of nitrogens with zero attached hydrogens (tertiary/aromatic N) is 2. The molecule has 0 aromatic carbocycles. The standard InChI is InChI=1S/C12H14N2O3S2/c1-4-8-5-6-9(19-8)10-13-14-12(17-10)18-7(2)11(15)16-3/h5-7H,4H2,1-3H3. The van der Waals surface area contributed by atoms with Gasteiger partial charge in [-0.2, -0.15) is 0 Å². The molecule has 2 aromatic rings. The van der Waals surface area contributed by atoms with Crippen LogP contribution in [0.2, 0.25) is 0 Å². The van der Waals surface area contributed by atoms with E-state index in [-0.39, 0.29) is 11.2 Å². The third-order valence-corrected chi connectivity index (χ3v) is 4.57. The number of methoxy groups -OCH3 is 1. The molecule has 19 heavy (non-hydrogen) atoms. The van der Waals surface area contributed by atoms with Gasteiger partial charge in [0.2, 0.25) is 0 Å². The largest absolute Gasteiger partial charge is 0.468 e. The van der Waals surface area contributed by atoms with Crippen molar-refractivity contribution in [1.29, 1.82) is 0 Å². The first-order valence-electron chi connectivity index (χ1n) is 5.81. The van der Waals surface area contributed by atoms with Crippen molar-refractivity contribution < 1.29 is 13.9 Å². The van der Waals surface area contributed by atoms with Crippen LogP contribution in [0.3, 0.4) is 0 Å². The van der Waals surface area contributed by atoms with E-state index in [1.165, 1.54) is 23.7 Å². The minimum atomic E-state index is -0.368. The zero-order chi connectivity index (χ0) is 13.8. The molecule has 0 spiro atoms. The SMILES string of the molecule is CCc1ccc(-c2nnc(SC(C)C(=O)OC)o2)s1. The Morgan fingerprint density at radius 1 is 1.53 bits per heavy atom. The van der Waals surface area contributed by atoms with Crippen LogP contribution in [0.25, 0.3) is 10.8 Å². The van der Waals surface area contributed by atoms with E-state index < -0.39 is 0 Å². The molecule has 0 N–H and O–H groups in total. The first-order valence-corrected chi connectivity index (χ1v) is 7.50. The maximum Gasteiger partial charge on any atom is 0.319 e. The second-order valence-corrected chi connectivity index (χ2v) is 6.24. The van der Waals surface area contributed by atoms with Crippen LogP contribution in [0, 0.1) is 0 Å². The van der Waals surface area contributed by atoms with E-state index in [0.29, 0.717) is 11.1 Å². The molecule has 0 radical (unpaired) electrons. The predicted octanol–water partition coefficient (Wildman–Crippen LogP) is 3.01. The number of carbonyl (C=O) groups is 1. The monoisotopic (exact) mass is 298 g/mol. The minimum absolute atomic E-state index is 0.311. The first kappa shape index (κ1) is 14.1. The van der Waals surface area contributed by atoms with Crippen LogP contribution in [-0.2, 0) is 16.0 Å². The lowest BCUT2D eigenvalue weighted by atomic mass is 10.4. The fraction of sp³-hybridized carbons (Fsp3) is 0.417. The van der Waals surface area contributed by atoms with Crippen LogP contribution in [-0.4, -0.2) is 28.5 Å². The summed E-state index contributed by atoms with van der Waals surface area (Å²) in [7, 11) is 1.36. The van der Waals surface area contributed by atoms with Gasteiger partial charge in [-0.05, 0) is 25.5 Å². The van der Waals surface area contributed by atoms with Gasteiger partial charge in [0.1, 0.15) is 5.25 Å². The summed E-state index contributed by atoms with van der Waals surface area (Å²) >= 11 is 2.83. The number of rotatable bonds is 5. The zero-order valence-electron chi connectivity index (χ0n) is 10.9. The maximum absolute atomic E-state index is 11.3. The van der Waals surface area contributed by atoms with Crippen molar-refractivity contribution in [3.63, 3.8) is 0 Å². The van der Waals surface area contributed by atoms with Crippen molar-refractivity contribution in [3.05, 3.63) is 17.0 Å². The average Bonchev–Trinajstić information content (AvgIpc) is 3.05. The Morgan fingerprint density at radius 2 is 2.32 bits per heavy atom. The highest BCUT2D eigenvalue weighted by molar-refractivity contribution is 8.00. The van der Waals surface area contributed by atoms with Crippen molar-refractivity contribution in [2.75, 3.05) is 7.11 Å². The van der Waals surface area contributed by atoms with E-state index in [9.17, 15) is 4.79 Å². The molecule has 102 valence electrons. The van der Waals surface area contributed by atoms with Crippen LogP contribution in [0.15, 0.2) is 21.8 Å². The molecule has 0 bridgehead atoms. The summed E-state index contributed by atoms with van der Waals surface area (Å²) in [4.78, 5) is 13.5. The van der Waals surface area contributed by atoms with Gasteiger partial charge in [0.25, 0.3) is 11.1 Å². The summed E-state index contributed by atoms with van der Waals surface area (Å²) in [6, 6.07) is 4.02. The number of ether oxygens (including phenoxy) is 1. The second-order valence-electron chi connectivity index (χ2n) is 3.78. The molecule has 0 saturated heterocycles. The van der Waals surface area contributed by atoms with Gasteiger partial charge in [0, 0.05) is 4.88 Å². The fourth-order valence-corrected chi connectivity index (χ4v) is 2.98.